The summed E-state index contributed by atoms with van der Waals surface area (Å²) in [5.41, 5.74) is 0.443. The second-order valence-corrected chi connectivity index (χ2v) is 10.6. The number of amides is 3. The second kappa shape index (κ2) is 10.0. The fourth-order valence-electron chi connectivity index (χ4n) is 4.78. The molecule has 0 spiro atoms. The van der Waals surface area contributed by atoms with Crippen LogP contribution in [0.2, 0.25) is 0 Å². The number of rotatable bonds is 6. The van der Waals surface area contributed by atoms with E-state index >= 15 is 0 Å². The van der Waals surface area contributed by atoms with Crippen LogP contribution in [0.3, 0.4) is 0 Å². The van der Waals surface area contributed by atoms with Crippen molar-refractivity contribution in [2.75, 3.05) is 18.4 Å². The SMILES string of the molecule is O=C(CCN1C(=O)[C@H]2CCCC[C@@H]2C1=O)Nc1ccc(S(=O)(=O)NC2=NCCCCC2)cc1. The zero-order valence-electron chi connectivity index (χ0n) is 18.6. The maximum atomic E-state index is 12.6. The molecule has 178 valence electrons. The predicted octanol–water partition coefficient (Wildman–Crippen LogP) is 2.44. The molecule has 10 heteroatoms. The lowest BCUT2D eigenvalue weighted by Gasteiger charge is -2.19. The molecule has 0 radical (unpaired) electrons. The number of nitrogens with one attached hydrogen (secondary N) is 2. The van der Waals surface area contributed by atoms with Gasteiger partial charge in [0, 0.05) is 31.6 Å². The summed E-state index contributed by atoms with van der Waals surface area (Å²) in [6.07, 6.45) is 6.92. The first kappa shape index (κ1) is 23.4. The number of fused-ring (bicyclic) bond motifs is 1. The van der Waals surface area contributed by atoms with Crippen molar-refractivity contribution in [2.24, 2.45) is 16.8 Å². The molecule has 4 rings (SSSR count). The topological polar surface area (TPSA) is 125 Å². The van der Waals surface area contributed by atoms with Crippen LogP contribution in [0.4, 0.5) is 5.69 Å². The molecular weight excluding hydrogens is 444 g/mol. The van der Waals surface area contributed by atoms with Crippen molar-refractivity contribution < 1.29 is 22.8 Å². The van der Waals surface area contributed by atoms with Crippen molar-refractivity contribution in [1.82, 2.24) is 9.62 Å². The molecule has 1 aromatic carbocycles. The average Bonchev–Trinajstić information content (AvgIpc) is 2.95. The molecule has 0 bridgehead atoms. The van der Waals surface area contributed by atoms with Gasteiger partial charge in [0.1, 0.15) is 5.84 Å². The normalized spacial score (nSPS) is 23.5. The third kappa shape index (κ3) is 5.43. The van der Waals surface area contributed by atoms with Gasteiger partial charge in [0.25, 0.3) is 10.0 Å². The van der Waals surface area contributed by atoms with Gasteiger partial charge in [0.05, 0.1) is 16.7 Å². The van der Waals surface area contributed by atoms with Crippen LogP contribution < -0.4 is 10.0 Å². The van der Waals surface area contributed by atoms with Crippen LogP contribution in [0, 0.1) is 11.8 Å². The van der Waals surface area contributed by atoms with E-state index in [-0.39, 0.29) is 47.4 Å². The summed E-state index contributed by atoms with van der Waals surface area (Å²) in [5, 5.41) is 2.70. The molecule has 1 saturated carbocycles. The molecule has 33 heavy (non-hydrogen) atoms. The van der Waals surface area contributed by atoms with Gasteiger partial charge >= 0.3 is 0 Å². The minimum atomic E-state index is -3.74. The number of amidine groups is 1. The standard InChI is InChI=1S/C23H30N4O5S/c28-21(13-15-27-22(29)18-6-3-4-7-19(18)23(27)30)25-16-9-11-17(12-10-16)33(31,32)26-20-8-2-1-5-14-24-20/h9-12,18-19H,1-8,13-15H2,(H,24,26)(H,25,28)/t18-,19-/m0/s1. The summed E-state index contributed by atoms with van der Waals surface area (Å²) in [6.45, 7) is 0.688. The average molecular weight is 475 g/mol. The van der Waals surface area contributed by atoms with Gasteiger partial charge in [-0.05, 0) is 49.9 Å². The van der Waals surface area contributed by atoms with E-state index in [1.165, 1.54) is 29.2 Å². The molecule has 1 saturated heterocycles. The lowest BCUT2D eigenvalue weighted by Crippen LogP contribution is -2.34. The molecule has 0 aromatic heterocycles. The van der Waals surface area contributed by atoms with E-state index in [9.17, 15) is 22.8 Å². The smallest absolute Gasteiger partial charge is 0.262 e. The Morgan fingerprint density at radius 3 is 2.30 bits per heavy atom. The van der Waals surface area contributed by atoms with Crippen molar-refractivity contribution >= 4 is 39.3 Å². The number of carbonyl (C=O) groups is 3. The van der Waals surface area contributed by atoms with E-state index in [2.05, 4.69) is 15.0 Å². The van der Waals surface area contributed by atoms with E-state index in [0.29, 0.717) is 24.5 Å². The van der Waals surface area contributed by atoms with Gasteiger partial charge < -0.3 is 5.32 Å². The van der Waals surface area contributed by atoms with Crippen LogP contribution >= 0.6 is 0 Å². The summed E-state index contributed by atoms with van der Waals surface area (Å²) in [6, 6.07) is 5.88. The number of anilines is 1. The van der Waals surface area contributed by atoms with Gasteiger partial charge in [-0.15, -0.1) is 0 Å². The highest BCUT2D eigenvalue weighted by Gasteiger charge is 2.47. The lowest BCUT2D eigenvalue weighted by molar-refractivity contribution is -0.140. The number of hydrogen-bond acceptors (Lipinski definition) is 6. The lowest BCUT2D eigenvalue weighted by atomic mass is 9.81. The minimum absolute atomic E-state index is 0.00164. The van der Waals surface area contributed by atoms with Gasteiger partial charge in [-0.2, -0.15) is 0 Å². The Labute approximate surface area is 194 Å². The number of imide groups is 1. The maximum absolute atomic E-state index is 12.6. The number of aliphatic imine (C=N–C) groups is 1. The van der Waals surface area contributed by atoms with Gasteiger partial charge in [0.2, 0.25) is 17.7 Å². The largest absolute Gasteiger partial charge is 0.326 e. The zero-order valence-corrected chi connectivity index (χ0v) is 19.4. The van der Waals surface area contributed by atoms with Crippen molar-refractivity contribution in [2.45, 2.75) is 62.7 Å². The summed E-state index contributed by atoms with van der Waals surface area (Å²) in [7, 11) is -3.74. The molecule has 3 aliphatic rings. The third-order valence-electron chi connectivity index (χ3n) is 6.57. The highest BCUT2D eigenvalue weighted by atomic mass is 32.2. The van der Waals surface area contributed by atoms with Crippen molar-refractivity contribution in [3.05, 3.63) is 24.3 Å². The Hall–Kier alpha value is -2.75. The van der Waals surface area contributed by atoms with E-state index in [1.54, 1.807) is 0 Å². The predicted molar refractivity (Wildman–Crippen MR) is 123 cm³/mol. The summed E-state index contributed by atoms with van der Waals surface area (Å²) < 4.78 is 27.8. The first-order valence-electron chi connectivity index (χ1n) is 11.7. The molecule has 1 aliphatic carbocycles. The molecular formula is C23H30N4O5S. The first-order valence-corrected chi connectivity index (χ1v) is 13.1. The van der Waals surface area contributed by atoms with Crippen LogP contribution in [-0.4, -0.2) is 50.0 Å². The minimum Gasteiger partial charge on any atom is -0.326 e. The molecule has 0 unspecified atom stereocenters. The van der Waals surface area contributed by atoms with Gasteiger partial charge in [-0.3, -0.25) is 29.0 Å². The summed E-state index contributed by atoms with van der Waals surface area (Å²) in [5.74, 6) is -0.610. The van der Waals surface area contributed by atoms with Crippen molar-refractivity contribution in [3.63, 3.8) is 0 Å². The van der Waals surface area contributed by atoms with Gasteiger partial charge in [-0.25, -0.2) is 8.42 Å². The first-order chi connectivity index (χ1) is 15.8. The monoisotopic (exact) mass is 474 g/mol. The Bertz CT molecular complexity index is 1030. The van der Waals surface area contributed by atoms with Crippen LogP contribution in [0.15, 0.2) is 34.2 Å². The molecule has 2 N–H and O–H groups in total. The van der Waals surface area contributed by atoms with E-state index in [4.69, 9.17) is 0 Å². The molecule has 3 amide bonds. The second-order valence-electron chi connectivity index (χ2n) is 8.89. The van der Waals surface area contributed by atoms with Crippen LogP contribution in [0.1, 0.15) is 57.8 Å². The molecule has 2 atom stereocenters. The number of nitrogens with zero attached hydrogens (tertiary/aromatic N) is 2. The Morgan fingerprint density at radius 1 is 0.970 bits per heavy atom. The van der Waals surface area contributed by atoms with Crippen LogP contribution in [0.25, 0.3) is 0 Å². The van der Waals surface area contributed by atoms with Crippen LogP contribution in [0.5, 0.6) is 0 Å². The number of benzene rings is 1. The highest BCUT2D eigenvalue weighted by molar-refractivity contribution is 7.90. The molecule has 9 nitrogen and oxygen atoms in total. The number of hydrogen-bond donors (Lipinski definition) is 2. The highest BCUT2D eigenvalue weighted by Crippen LogP contribution is 2.38. The van der Waals surface area contributed by atoms with Crippen LogP contribution in [-0.2, 0) is 24.4 Å². The number of carbonyl (C=O) groups excluding carboxylic acids is 3. The van der Waals surface area contributed by atoms with Crippen molar-refractivity contribution in [1.29, 1.82) is 0 Å². The quantitative estimate of drug-likeness (QED) is 0.613. The third-order valence-corrected chi connectivity index (χ3v) is 7.97. The van der Waals surface area contributed by atoms with E-state index in [1.807, 2.05) is 0 Å². The number of likely N-dealkylation sites (tertiary alicyclic amines) is 1. The van der Waals surface area contributed by atoms with E-state index < -0.39 is 10.0 Å². The molecule has 2 aliphatic heterocycles. The zero-order chi connectivity index (χ0) is 23.4. The summed E-state index contributed by atoms with van der Waals surface area (Å²) in [4.78, 5) is 43.0. The Morgan fingerprint density at radius 2 is 1.64 bits per heavy atom. The summed E-state index contributed by atoms with van der Waals surface area (Å²) >= 11 is 0. The van der Waals surface area contributed by atoms with Gasteiger partial charge in [0.15, 0.2) is 0 Å². The van der Waals surface area contributed by atoms with E-state index in [0.717, 1.165) is 44.9 Å². The molecule has 2 heterocycles. The Balaban J connectivity index is 1.30. The maximum Gasteiger partial charge on any atom is 0.262 e. The molecule has 1 aromatic rings. The van der Waals surface area contributed by atoms with Gasteiger partial charge in [-0.1, -0.05) is 19.3 Å². The Kier molecular flexibility index (Phi) is 7.11. The fourth-order valence-corrected chi connectivity index (χ4v) is 5.87. The fraction of sp³-hybridized carbons (Fsp3) is 0.565. The number of sulfonamides is 1. The van der Waals surface area contributed by atoms with Crippen molar-refractivity contribution in [3.8, 4) is 0 Å². The molecule has 2 fully saturated rings.